The molecule has 6 rings (SSSR count). The second kappa shape index (κ2) is 11.7. The lowest BCUT2D eigenvalue weighted by Crippen LogP contribution is -2.26. The number of amides is 1. The van der Waals surface area contributed by atoms with Crippen LogP contribution < -0.4 is 20.8 Å². The van der Waals surface area contributed by atoms with Crippen LogP contribution in [0.2, 0.25) is 5.02 Å². The first-order valence-corrected chi connectivity index (χ1v) is 13.5. The molecule has 1 aliphatic rings. The van der Waals surface area contributed by atoms with E-state index in [1.165, 1.54) is 10.2 Å². The largest absolute Gasteiger partial charge is 0.489 e. The number of hydrogen-bond acceptors (Lipinski definition) is 10. The third-order valence-electron chi connectivity index (χ3n) is 6.95. The van der Waals surface area contributed by atoms with Gasteiger partial charge in [-0.05, 0) is 71.2 Å². The van der Waals surface area contributed by atoms with Crippen LogP contribution in [0.25, 0.3) is 5.82 Å². The van der Waals surface area contributed by atoms with E-state index in [0.29, 0.717) is 35.3 Å². The second-order valence-corrected chi connectivity index (χ2v) is 10.0. The fourth-order valence-corrected chi connectivity index (χ4v) is 4.89. The lowest BCUT2D eigenvalue weighted by molar-refractivity contribution is 0.0948. The van der Waals surface area contributed by atoms with Crippen LogP contribution >= 0.6 is 11.6 Å². The Kier molecular flexibility index (Phi) is 7.52. The average Bonchev–Trinajstić information content (AvgIpc) is 3.74. The molecule has 5 aromatic rings. The molecular formula is C29H26ClN9O3. The van der Waals surface area contributed by atoms with Crippen molar-refractivity contribution in [2.45, 2.75) is 26.5 Å². The van der Waals surface area contributed by atoms with Crippen LogP contribution in [0.4, 0.5) is 11.5 Å². The van der Waals surface area contributed by atoms with Crippen molar-refractivity contribution in [3.8, 4) is 11.6 Å². The van der Waals surface area contributed by atoms with Gasteiger partial charge in [0.2, 0.25) is 11.6 Å². The number of anilines is 2. The molecular weight excluding hydrogens is 558 g/mol. The molecule has 42 heavy (non-hydrogen) atoms. The van der Waals surface area contributed by atoms with E-state index in [4.69, 9.17) is 26.7 Å². The quantitative estimate of drug-likeness (QED) is 0.192. The molecule has 2 aromatic heterocycles. The summed E-state index contributed by atoms with van der Waals surface area (Å²) in [5.74, 6) is 0.336. The van der Waals surface area contributed by atoms with E-state index in [1.54, 1.807) is 6.92 Å². The van der Waals surface area contributed by atoms with Gasteiger partial charge in [0, 0.05) is 22.8 Å². The number of hydrogen-bond donors (Lipinski definition) is 2. The first-order valence-electron chi connectivity index (χ1n) is 13.1. The molecule has 3 heterocycles. The monoisotopic (exact) mass is 583 g/mol. The minimum absolute atomic E-state index is 0.0306. The predicted molar refractivity (Wildman–Crippen MR) is 157 cm³/mol. The molecule has 0 saturated carbocycles. The Bertz CT molecular complexity index is 1760. The summed E-state index contributed by atoms with van der Waals surface area (Å²) in [6.45, 7) is 3.25. The highest BCUT2D eigenvalue weighted by Gasteiger charge is 2.28. The SMILES string of the molecule is CC(=NNC(=O)c1nnn(-c2nonc2N)c1CN1CCc2ccccc21)c1ccc(OCc2ccccc2Cl)cc1. The van der Waals surface area contributed by atoms with Gasteiger partial charge in [-0.25, -0.2) is 10.1 Å². The fourth-order valence-electron chi connectivity index (χ4n) is 4.70. The van der Waals surface area contributed by atoms with Crippen LogP contribution in [0.5, 0.6) is 5.75 Å². The summed E-state index contributed by atoms with van der Waals surface area (Å²) >= 11 is 6.21. The number of carbonyl (C=O) groups excluding carboxylic acids is 1. The molecule has 0 fully saturated rings. The molecule has 0 spiro atoms. The van der Waals surface area contributed by atoms with E-state index in [0.717, 1.165) is 29.8 Å². The minimum Gasteiger partial charge on any atom is -0.489 e. The van der Waals surface area contributed by atoms with E-state index < -0.39 is 5.91 Å². The maximum atomic E-state index is 13.3. The molecule has 0 bridgehead atoms. The average molecular weight is 584 g/mol. The predicted octanol–water partition coefficient (Wildman–Crippen LogP) is 4.18. The number of carbonyl (C=O) groups is 1. The van der Waals surface area contributed by atoms with Gasteiger partial charge in [0.05, 0.1) is 18.0 Å². The first-order chi connectivity index (χ1) is 20.5. The van der Waals surface area contributed by atoms with Crippen molar-refractivity contribution in [3.63, 3.8) is 0 Å². The molecule has 0 atom stereocenters. The minimum atomic E-state index is -0.530. The molecule has 3 N–H and O–H groups in total. The zero-order valence-electron chi connectivity index (χ0n) is 22.6. The van der Waals surface area contributed by atoms with E-state index in [1.807, 2.05) is 66.7 Å². The molecule has 0 radical (unpaired) electrons. The van der Waals surface area contributed by atoms with Gasteiger partial charge < -0.3 is 15.4 Å². The molecule has 0 aliphatic carbocycles. The van der Waals surface area contributed by atoms with Crippen molar-refractivity contribution in [3.05, 3.63) is 106 Å². The Hall–Kier alpha value is -5.23. The first kappa shape index (κ1) is 27.0. The second-order valence-electron chi connectivity index (χ2n) is 9.61. The zero-order chi connectivity index (χ0) is 29.1. The number of nitrogens with one attached hydrogen (secondary N) is 1. The van der Waals surface area contributed by atoms with Gasteiger partial charge in [-0.1, -0.05) is 53.2 Å². The topological polar surface area (TPSA) is 150 Å². The Morgan fingerprint density at radius 1 is 1.10 bits per heavy atom. The zero-order valence-corrected chi connectivity index (χ0v) is 23.3. The van der Waals surface area contributed by atoms with Gasteiger partial charge in [0.1, 0.15) is 12.4 Å². The summed E-state index contributed by atoms with van der Waals surface area (Å²) < 4.78 is 12.0. The van der Waals surface area contributed by atoms with E-state index in [9.17, 15) is 4.79 Å². The van der Waals surface area contributed by atoms with Crippen molar-refractivity contribution < 1.29 is 14.2 Å². The number of nitrogen functional groups attached to an aromatic ring is 1. The van der Waals surface area contributed by atoms with Gasteiger partial charge in [-0.3, -0.25) is 4.79 Å². The number of nitrogens with zero attached hydrogens (tertiary/aromatic N) is 7. The molecule has 13 heteroatoms. The van der Waals surface area contributed by atoms with Crippen molar-refractivity contribution in [2.75, 3.05) is 17.2 Å². The molecule has 212 valence electrons. The highest BCUT2D eigenvalue weighted by Crippen LogP contribution is 2.30. The third-order valence-corrected chi connectivity index (χ3v) is 7.32. The summed E-state index contributed by atoms with van der Waals surface area (Å²) in [5.41, 5.74) is 13.7. The highest BCUT2D eigenvalue weighted by atomic mass is 35.5. The molecule has 0 unspecified atom stereocenters. The number of nitrogens with two attached hydrogens (primary N) is 1. The number of ether oxygens (including phenoxy) is 1. The highest BCUT2D eigenvalue weighted by molar-refractivity contribution is 6.31. The molecule has 3 aromatic carbocycles. The molecule has 1 aliphatic heterocycles. The van der Waals surface area contributed by atoms with Gasteiger partial charge >= 0.3 is 0 Å². The maximum Gasteiger partial charge on any atom is 0.293 e. The number of fused-ring (bicyclic) bond motifs is 1. The smallest absolute Gasteiger partial charge is 0.293 e. The van der Waals surface area contributed by atoms with E-state index in [2.05, 4.69) is 42.1 Å². The molecule has 12 nitrogen and oxygen atoms in total. The number of rotatable bonds is 9. The number of hydrazone groups is 1. The number of aromatic nitrogens is 5. The van der Waals surface area contributed by atoms with E-state index in [-0.39, 0.29) is 17.3 Å². The lowest BCUT2D eigenvalue weighted by Gasteiger charge is -2.19. The van der Waals surface area contributed by atoms with Crippen LogP contribution in [0, 0.1) is 0 Å². The summed E-state index contributed by atoms with van der Waals surface area (Å²) in [6.07, 6.45) is 0.889. The summed E-state index contributed by atoms with van der Waals surface area (Å²) in [7, 11) is 0. The van der Waals surface area contributed by atoms with Gasteiger partial charge in [-0.15, -0.1) is 5.10 Å². The Balaban J connectivity index is 1.18. The molecule has 1 amide bonds. The Morgan fingerprint density at radius 2 is 1.88 bits per heavy atom. The Morgan fingerprint density at radius 3 is 2.67 bits per heavy atom. The third kappa shape index (κ3) is 5.52. The number of benzene rings is 3. The number of halogens is 1. The Labute approximate surface area is 245 Å². The maximum absolute atomic E-state index is 13.3. The standard InChI is InChI=1S/C29H26ClN9O3/c1-18(19-10-12-22(13-11-19)41-17-21-7-2-4-8-23(21)30)32-34-29(40)26-25(39(37-33-26)28-27(31)35-42-36-28)16-38-15-14-20-6-3-5-9-24(20)38/h2-13H,14-17H2,1H3,(H2,31,35)(H,34,40). The normalized spacial score (nSPS) is 12.8. The van der Waals surface area contributed by atoms with Crippen molar-refractivity contribution >= 4 is 34.7 Å². The van der Waals surface area contributed by atoms with Crippen LogP contribution in [0.3, 0.4) is 0 Å². The summed E-state index contributed by atoms with van der Waals surface area (Å²) in [6, 6.07) is 23.1. The van der Waals surface area contributed by atoms with Crippen LogP contribution in [-0.4, -0.2) is 43.5 Å². The van der Waals surface area contributed by atoms with Crippen LogP contribution in [0.1, 0.15) is 39.8 Å². The number of para-hydroxylation sites is 1. The summed E-state index contributed by atoms with van der Waals surface area (Å²) in [4.78, 5) is 15.5. The van der Waals surface area contributed by atoms with E-state index >= 15 is 0 Å². The van der Waals surface area contributed by atoms with Crippen molar-refractivity contribution in [1.82, 2.24) is 30.7 Å². The van der Waals surface area contributed by atoms with Gasteiger partial charge in [-0.2, -0.15) is 9.78 Å². The van der Waals surface area contributed by atoms with Crippen LogP contribution in [-0.2, 0) is 19.6 Å². The lowest BCUT2D eigenvalue weighted by atomic mass is 10.1. The fraction of sp³-hybridized carbons (Fsp3) is 0.172. The van der Waals surface area contributed by atoms with Crippen molar-refractivity contribution in [1.29, 1.82) is 0 Å². The van der Waals surface area contributed by atoms with Gasteiger partial charge in [0.15, 0.2) is 5.69 Å². The van der Waals surface area contributed by atoms with Crippen LogP contribution in [0.15, 0.2) is 82.5 Å². The van der Waals surface area contributed by atoms with Gasteiger partial charge in [0.25, 0.3) is 5.91 Å². The van der Waals surface area contributed by atoms with Crippen molar-refractivity contribution in [2.24, 2.45) is 5.10 Å². The summed E-state index contributed by atoms with van der Waals surface area (Å²) in [5, 5.41) is 20.7. The molecule has 0 saturated heterocycles.